The molecule has 4 aromatic carbocycles. The molecule has 0 atom stereocenters. The quantitative estimate of drug-likeness (QED) is 0.286. The van der Waals surface area contributed by atoms with Crippen molar-refractivity contribution < 1.29 is 0 Å². The van der Waals surface area contributed by atoms with Gasteiger partial charge in [0.1, 0.15) is 0 Å². The molecule has 0 aliphatic rings. The van der Waals surface area contributed by atoms with Crippen LogP contribution < -0.4 is 0 Å². The summed E-state index contributed by atoms with van der Waals surface area (Å²) < 4.78 is 0. The van der Waals surface area contributed by atoms with E-state index in [4.69, 9.17) is 0 Å². The molecule has 0 nitrogen and oxygen atoms in total. The topological polar surface area (TPSA) is 0 Å². The van der Waals surface area contributed by atoms with Gasteiger partial charge in [-0.3, -0.25) is 0 Å². The number of hydrogen-bond donors (Lipinski definition) is 0. The highest BCUT2D eigenvalue weighted by Crippen LogP contribution is 2.40. The molecule has 0 bridgehead atoms. The lowest BCUT2D eigenvalue weighted by Gasteiger charge is -2.23. The molecule has 0 heteroatoms. The van der Waals surface area contributed by atoms with E-state index in [0.717, 1.165) is 38.5 Å². The molecule has 0 aromatic heterocycles. The zero-order valence-corrected chi connectivity index (χ0v) is 19.7. The molecule has 0 fully saturated rings. The molecule has 4 aromatic rings. The molecule has 0 aliphatic heterocycles. The minimum Gasteiger partial charge on any atom is -0.0616 e. The van der Waals surface area contributed by atoms with Crippen molar-refractivity contribution in [2.75, 3.05) is 0 Å². The molecule has 0 saturated carbocycles. The van der Waals surface area contributed by atoms with Gasteiger partial charge in [-0.1, -0.05) is 65.8 Å². The average Bonchev–Trinajstić information content (AvgIpc) is 2.79. The summed E-state index contributed by atoms with van der Waals surface area (Å²) in [5.41, 5.74) is 9.40. The monoisotopic (exact) mass is 396 g/mol. The van der Waals surface area contributed by atoms with Crippen LogP contribution in [0.25, 0.3) is 32.3 Å². The fourth-order valence-electron chi connectivity index (χ4n) is 6.01. The van der Waals surface area contributed by atoms with E-state index in [2.05, 4.69) is 77.9 Å². The van der Waals surface area contributed by atoms with Gasteiger partial charge < -0.3 is 0 Å². The zero-order chi connectivity index (χ0) is 21.4. The van der Waals surface area contributed by atoms with Crippen molar-refractivity contribution in [3.05, 3.63) is 69.8 Å². The van der Waals surface area contributed by atoms with Crippen LogP contribution in [0.15, 0.2) is 36.4 Å². The maximum Gasteiger partial charge on any atom is -0.0136 e. The third-order valence-corrected chi connectivity index (χ3v) is 7.25. The maximum absolute atomic E-state index is 2.56. The summed E-state index contributed by atoms with van der Waals surface area (Å²) in [4.78, 5) is 0. The van der Waals surface area contributed by atoms with Crippen LogP contribution >= 0.6 is 0 Å². The third kappa shape index (κ3) is 2.96. The van der Waals surface area contributed by atoms with Crippen LogP contribution in [0.2, 0.25) is 0 Å². The first kappa shape index (κ1) is 20.9. The summed E-state index contributed by atoms with van der Waals surface area (Å²) in [6.45, 7) is 14.0. The van der Waals surface area contributed by atoms with Crippen molar-refractivity contribution in [1.29, 1.82) is 0 Å². The molecule has 0 unspecified atom stereocenters. The fourth-order valence-corrected chi connectivity index (χ4v) is 6.01. The van der Waals surface area contributed by atoms with Gasteiger partial charge in [0, 0.05) is 0 Å². The van der Waals surface area contributed by atoms with Crippen LogP contribution in [0.3, 0.4) is 0 Å². The Morgan fingerprint density at radius 3 is 0.967 bits per heavy atom. The van der Waals surface area contributed by atoms with E-state index in [9.17, 15) is 0 Å². The molecule has 0 spiro atoms. The summed E-state index contributed by atoms with van der Waals surface area (Å²) >= 11 is 0. The van der Waals surface area contributed by atoms with Gasteiger partial charge in [0.2, 0.25) is 0 Å². The lowest BCUT2D eigenvalue weighted by molar-refractivity contribution is 0.961. The molecule has 0 heterocycles. The summed E-state index contributed by atoms with van der Waals surface area (Å²) in [5, 5.41) is 8.84. The molecule has 30 heavy (non-hydrogen) atoms. The molecule has 0 aliphatic carbocycles. The van der Waals surface area contributed by atoms with Crippen molar-refractivity contribution in [1.82, 2.24) is 0 Å². The minimum absolute atomic E-state index is 1.07. The highest BCUT2D eigenvalue weighted by molar-refractivity contribution is 6.11. The van der Waals surface area contributed by atoms with Crippen LogP contribution in [0.5, 0.6) is 0 Å². The van der Waals surface area contributed by atoms with Crippen molar-refractivity contribution in [3.63, 3.8) is 0 Å². The summed E-state index contributed by atoms with van der Waals surface area (Å²) in [7, 11) is 0. The lowest BCUT2D eigenvalue weighted by atomic mass is 9.81. The van der Waals surface area contributed by atoms with E-state index in [1.807, 2.05) is 0 Å². The van der Waals surface area contributed by atoms with E-state index < -0.39 is 0 Å². The summed E-state index contributed by atoms with van der Waals surface area (Å²) in [6, 6.07) is 14.2. The molecule has 4 rings (SSSR count). The Kier molecular flexibility index (Phi) is 5.87. The van der Waals surface area contributed by atoms with Crippen molar-refractivity contribution in [2.45, 2.75) is 80.1 Å². The second-order valence-electron chi connectivity index (χ2n) is 8.48. The largest absolute Gasteiger partial charge is 0.0616 e. The molecule has 0 N–H and O–H groups in total. The normalized spacial score (nSPS) is 11.8. The second kappa shape index (κ2) is 8.42. The molecule has 0 amide bonds. The van der Waals surface area contributed by atoms with Crippen LogP contribution in [0, 0.1) is 0 Å². The van der Waals surface area contributed by atoms with E-state index in [-0.39, 0.29) is 0 Å². The van der Waals surface area contributed by atoms with Crippen molar-refractivity contribution >= 4 is 32.3 Å². The number of rotatable bonds is 6. The Morgan fingerprint density at radius 1 is 0.367 bits per heavy atom. The van der Waals surface area contributed by atoms with Crippen LogP contribution in [-0.4, -0.2) is 0 Å². The van der Waals surface area contributed by atoms with Gasteiger partial charge in [0.05, 0.1) is 0 Å². The zero-order valence-electron chi connectivity index (χ0n) is 19.7. The first-order valence-corrected chi connectivity index (χ1v) is 12.1. The Morgan fingerprint density at radius 2 is 0.667 bits per heavy atom. The third-order valence-electron chi connectivity index (χ3n) is 7.25. The van der Waals surface area contributed by atoms with Crippen LogP contribution in [0.4, 0.5) is 0 Å². The molecular formula is C30H36. The van der Waals surface area contributed by atoms with Gasteiger partial charge in [0.25, 0.3) is 0 Å². The Bertz CT molecular complexity index is 1140. The summed E-state index contributed by atoms with van der Waals surface area (Å²) in [5.74, 6) is 0. The number of aryl methyl sites for hydroxylation is 4. The minimum atomic E-state index is 1.07. The number of fused-ring (bicyclic) bond motifs is 3. The van der Waals surface area contributed by atoms with Crippen LogP contribution in [-0.2, 0) is 38.5 Å². The SMILES string of the molecule is CCc1c(CC)c(CC)c2cc3c(CC)c4ccccc4c(CC)c3cc2c1CC. The highest BCUT2D eigenvalue weighted by atomic mass is 14.2. The van der Waals surface area contributed by atoms with E-state index in [1.165, 1.54) is 43.4 Å². The molecule has 156 valence electrons. The van der Waals surface area contributed by atoms with Gasteiger partial charge in [0.15, 0.2) is 0 Å². The van der Waals surface area contributed by atoms with E-state index in [1.54, 1.807) is 22.3 Å². The van der Waals surface area contributed by atoms with E-state index in [0.29, 0.717) is 0 Å². The number of hydrogen-bond acceptors (Lipinski definition) is 0. The van der Waals surface area contributed by atoms with Crippen molar-refractivity contribution in [3.8, 4) is 0 Å². The van der Waals surface area contributed by atoms with Crippen LogP contribution in [0.1, 0.15) is 74.9 Å². The van der Waals surface area contributed by atoms with Gasteiger partial charge in [-0.15, -0.1) is 0 Å². The van der Waals surface area contributed by atoms with Gasteiger partial charge in [-0.05, 0) is 116 Å². The van der Waals surface area contributed by atoms with Gasteiger partial charge in [-0.2, -0.15) is 0 Å². The van der Waals surface area contributed by atoms with Gasteiger partial charge in [-0.25, -0.2) is 0 Å². The Hall–Kier alpha value is -2.34. The Balaban J connectivity index is 2.31. The standard InChI is InChI=1S/C30H36/c1-7-19-20(8-2)22(10-4)28-18-30-24(12-6)26-16-14-13-15-25(26)23(11-5)29(30)17-27(28)21(19)9-3/h13-18H,7-12H2,1-6H3. The predicted molar refractivity (Wildman–Crippen MR) is 135 cm³/mol. The van der Waals surface area contributed by atoms with Crippen molar-refractivity contribution in [2.24, 2.45) is 0 Å². The number of benzene rings is 4. The predicted octanol–water partition coefficient (Wildman–Crippen LogP) is 8.52. The fraction of sp³-hybridized carbons (Fsp3) is 0.400. The lowest BCUT2D eigenvalue weighted by Crippen LogP contribution is -2.05. The highest BCUT2D eigenvalue weighted by Gasteiger charge is 2.19. The second-order valence-corrected chi connectivity index (χ2v) is 8.48. The smallest absolute Gasteiger partial charge is 0.0136 e. The molecule has 0 radical (unpaired) electrons. The summed E-state index contributed by atoms with van der Waals surface area (Å²) in [6.07, 6.45) is 6.62. The maximum atomic E-state index is 2.56. The average molecular weight is 397 g/mol. The van der Waals surface area contributed by atoms with E-state index >= 15 is 0 Å². The molecule has 0 saturated heterocycles. The van der Waals surface area contributed by atoms with Gasteiger partial charge >= 0.3 is 0 Å². The Labute approximate surface area is 182 Å². The first-order valence-electron chi connectivity index (χ1n) is 12.1. The molecular weight excluding hydrogens is 360 g/mol. The first-order chi connectivity index (χ1) is 14.6.